The number of hydrogen-bond acceptors (Lipinski definition) is 5. The van der Waals surface area contributed by atoms with Gasteiger partial charge in [-0.15, -0.1) is 0 Å². The molecule has 0 atom stereocenters. The van der Waals surface area contributed by atoms with E-state index >= 15 is 0 Å². The number of para-hydroxylation sites is 3. The van der Waals surface area contributed by atoms with Crippen LogP contribution in [0.3, 0.4) is 0 Å². The van der Waals surface area contributed by atoms with Crippen molar-refractivity contribution in [2.45, 2.75) is 0 Å². The number of hydrazone groups is 1. The van der Waals surface area contributed by atoms with E-state index < -0.39 is 4.92 Å². The van der Waals surface area contributed by atoms with E-state index in [1.54, 1.807) is 36.4 Å². The summed E-state index contributed by atoms with van der Waals surface area (Å²) in [5, 5.41) is 14.3. The van der Waals surface area contributed by atoms with Gasteiger partial charge in [0.05, 0.1) is 11.1 Å². The summed E-state index contributed by atoms with van der Waals surface area (Å²) in [6, 6.07) is 13.2. The Morgan fingerprint density at radius 2 is 1.74 bits per heavy atom. The molecule has 0 radical (unpaired) electrons. The molecule has 96 valence electrons. The van der Waals surface area contributed by atoms with Gasteiger partial charge in [0.25, 0.3) is 0 Å². The molecule has 0 amide bonds. The first kappa shape index (κ1) is 12.6. The Morgan fingerprint density at radius 1 is 1.11 bits per heavy atom. The molecule has 0 fully saturated rings. The van der Waals surface area contributed by atoms with E-state index in [9.17, 15) is 10.1 Å². The molecule has 0 bridgehead atoms. The molecule has 2 aromatic carbocycles. The number of nitro groups is 1. The van der Waals surface area contributed by atoms with Gasteiger partial charge in [-0.1, -0.05) is 24.3 Å². The fourth-order valence-corrected chi connectivity index (χ4v) is 1.57. The van der Waals surface area contributed by atoms with Crippen LogP contribution in [0, 0.1) is 10.1 Å². The maximum absolute atomic E-state index is 10.9. The molecule has 2 N–H and O–H groups in total. The fourth-order valence-electron chi connectivity index (χ4n) is 1.57. The van der Waals surface area contributed by atoms with Crippen LogP contribution in [0.25, 0.3) is 0 Å². The summed E-state index contributed by atoms with van der Waals surface area (Å²) in [4.78, 5) is 10.4. The maximum atomic E-state index is 10.9. The number of ether oxygens (including phenoxy) is 1. The average Bonchev–Trinajstić information content (AvgIpc) is 2.42. The van der Waals surface area contributed by atoms with Crippen molar-refractivity contribution in [3.8, 4) is 11.5 Å². The van der Waals surface area contributed by atoms with Crippen LogP contribution in [0.1, 0.15) is 5.56 Å². The molecule has 0 spiro atoms. The van der Waals surface area contributed by atoms with E-state index in [1.165, 1.54) is 18.3 Å². The Kier molecular flexibility index (Phi) is 3.72. The Hall–Kier alpha value is -2.89. The zero-order chi connectivity index (χ0) is 13.7. The SMILES string of the molecule is NN=Cc1ccccc1Oc1ccccc1[N+](=O)[O-]. The third kappa shape index (κ3) is 2.86. The number of benzene rings is 2. The Bertz CT molecular complexity index is 626. The summed E-state index contributed by atoms with van der Waals surface area (Å²) < 4.78 is 5.57. The second-order valence-electron chi connectivity index (χ2n) is 3.64. The van der Waals surface area contributed by atoms with E-state index in [1.807, 2.05) is 0 Å². The Balaban J connectivity index is 2.39. The first-order chi connectivity index (χ1) is 9.22. The number of rotatable bonds is 4. The molecule has 2 aromatic rings. The van der Waals surface area contributed by atoms with Crippen molar-refractivity contribution < 1.29 is 9.66 Å². The van der Waals surface area contributed by atoms with E-state index in [2.05, 4.69) is 5.10 Å². The monoisotopic (exact) mass is 257 g/mol. The summed E-state index contributed by atoms with van der Waals surface area (Å²) >= 11 is 0. The van der Waals surface area contributed by atoms with Gasteiger partial charge in [0, 0.05) is 11.6 Å². The molecule has 0 aliphatic rings. The molecular weight excluding hydrogens is 246 g/mol. The minimum absolute atomic E-state index is 0.0954. The minimum atomic E-state index is -0.491. The molecule has 6 heteroatoms. The zero-order valence-corrected chi connectivity index (χ0v) is 9.89. The molecule has 2 rings (SSSR count). The highest BCUT2D eigenvalue weighted by Gasteiger charge is 2.15. The molecule has 0 aliphatic heterocycles. The lowest BCUT2D eigenvalue weighted by molar-refractivity contribution is -0.385. The maximum Gasteiger partial charge on any atom is 0.311 e. The van der Waals surface area contributed by atoms with Crippen LogP contribution in [-0.2, 0) is 0 Å². The standard InChI is InChI=1S/C13H11N3O3/c14-15-9-10-5-1-3-7-12(10)19-13-8-4-2-6-11(13)16(17)18/h1-9H,14H2. The molecule has 0 aliphatic carbocycles. The predicted molar refractivity (Wildman–Crippen MR) is 71.4 cm³/mol. The summed E-state index contributed by atoms with van der Waals surface area (Å²) in [5.74, 6) is 5.73. The van der Waals surface area contributed by atoms with Crippen molar-refractivity contribution in [3.63, 3.8) is 0 Å². The Labute approximate surface area is 109 Å². The highest BCUT2D eigenvalue weighted by Crippen LogP contribution is 2.31. The zero-order valence-electron chi connectivity index (χ0n) is 9.89. The lowest BCUT2D eigenvalue weighted by Gasteiger charge is -2.08. The predicted octanol–water partition coefficient (Wildman–Crippen LogP) is 2.68. The van der Waals surface area contributed by atoms with Gasteiger partial charge < -0.3 is 10.6 Å². The van der Waals surface area contributed by atoms with Crippen molar-refractivity contribution in [1.29, 1.82) is 0 Å². The van der Waals surface area contributed by atoms with Crippen molar-refractivity contribution in [1.82, 2.24) is 0 Å². The van der Waals surface area contributed by atoms with Crippen LogP contribution in [-0.4, -0.2) is 11.1 Å². The lowest BCUT2D eigenvalue weighted by atomic mass is 10.2. The van der Waals surface area contributed by atoms with Gasteiger partial charge >= 0.3 is 5.69 Å². The third-order valence-corrected chi connectivity index (χ3v) is 2.41. The summed E-state index contributed by atoms with van der Waals surface area (Å²) in [6.45, 7) is 0. The van der Waals surface area contributed by atoms with E-state index in [-0.39, 0.29) is 11.4 Å². The number of nitrogens with zero attached hydrogens (tertiary/aromatic N) is 2. The summed E-state index contributed by atoms with van der Waals surface area (Å²) in [6.07, 6.45) is 1.42. The van der Waals surface area contributed by atoms with E-state index in [0.29, 0.717) is 11.3 Å². The van der Waals surface area contributed by atoms with Crippen LogP contribution < -0.4 is 10.6 Å². The quantitative estimate of drug-likeness (QED) is 0.394. The van der Waals surface area contributed by atoms with Gasteiger partial charge in [-0.25, -0.2) is 0 Å². The first-order valence-corrected chi connectivity index (χ1v) is 5.46. The molecule has 19 heavy (non-hydrogen) atoms. The Morgan fingerprint density at radius 3 is 2.42 bits per heavy atom. The van der Waals surface area contributed by atoms with Crippen molar-refractivity contribution in [2.24, 2.45) is 10.9 Å². The van der Waals surface area contributed by atoms with Crippen LogP contribution in [0.2, 0.25) is 0 Å². The van der Waals surface area contributed by atoms with Gasteiger partial charge in [0.2, 0.25) is 5.75 Å². The summed E-state index contributed by atoms with van der Waals surface area (Å²) in [5.41, 5.74) is 0.546. The molecule has 0 saturated carbocycles. The van der Waals surface area contributed by atoms with Gasteiger partial charge in [-0.2, -0.15) is 5.10 Å². The highest BCUT2D eigenvalue weighted by molar-refractivity contribution is 5.83. The number of nitrogens with two attached hydrogens (primary N) is 1. The van der Waals surface area contributed by atoms with Gasteiger partial charge in [-0.3, -0.25) is 10.1 Å². The third-order valence-electron chi connectivity index (χ3n) is 2.41. The molecular formula is C13H11N3O3. The fraction of sp³-hybridized carbons (Fsp3) is 0. The van der Waals surface area contributed by atoms with Crippen LogP contribution in [0.4, 0.5) is 5.69 Å². The molecule has 0 aromatic heterocycles. The second kappa shape index (κ2) is 5.63. The van der Waals surface area contributed by atoms with Crippen LogP contribution >= 0.6 is 0 Å². The lowest BCUT2D eigenvalue weighted by Crippen LogP contribution is -1.96. The van der Waals surface area contributed by atoms with Crippen LogP contribution in [0.5, 0.6) is 11.5 Å². The van der Waals surface area contributed by atoms with Gasteiger partial charge in [0.15, 0.2) is 0 Å². The van der Waals surface area contributed by atoms with Gasteiger partial charge in [-0.05, 0) is 18.2 Å². The molecule has 0 heterocycles. The number of hydrogen-bond donors (Lipinski definition) is 1. The summed E-state index contributed by atoms with van der Waals surface area (Å²) in [7, 11) is 0. The first-order valence-electron chi connectivity index (χ1n) is 5.46. The molecule has 0 saturated heterocycles. The highest BCUT2D eigenvalue weighted by atomic mass is 16.6. The van der Waals surface area contributed by atoms with Gasteiger partial charge in [0.1, 0.15) is 5.75 Å². The average molecular weight is 257 g/mol. The van der Waals surface area contributed by atoms with Crippen LogP contribution in [0.15, 0.2) is 53.6 Å². The van der Waals surface area contributed by atoms with Crippen molar-refractivity contribution in [3.05, 3.63) is 64.2 Å². The van der Waals surface area contributed by atoms with Crippen molar-refractivity contribution in [2.75, 3.05) is 0 Å². The molecule has 6 nitrogen and oxygen atoms in total. The normalized spacial score (nSPS) is 10.5. The minimum Gasteiger partial charge on any atom is -0.449 e. The molecule has 0 unspecified atom stereocenters. The smallest absolute Gasteiger partial charge is 0.311 e. The largest absolute Gasteiger partial charge is 0.449 e. The topological polar surface area (TPSA) is 90.8 Å². The van der Waals surface area contributed by atoms with Crippen molar-refractivity contribution >= 4 is 11.9 Å². The van der Waals surface area contributed by atoms with E-state index in [4.69, 9.17) is 10.6 Å². The second-order valence-corrected chi connectivity index (χ2v) is 3.64. The van der Waals surface area contributed by atoms with E-state index in [0.717, 1.165) is 0 Å². The number of nitro benzene ring substituents is 1.